The molecule has 0 aliphatic carbocycles. The van der Waals surface area contributed by atoms with Gasteiger partial charge in [-0.2, -0.15) is 0 Å². The van der Waals surface area contributed by atoms with Gasteiger partial charge in [0.15, 0.2) is 0 Å². The maximum absolute atomic E-state index is 11.0. The molecule has 0 bridgehead atoms. The molecular formula is C17H20N2O. The van der Waals surface area contributed by atoms with E-state index >= 15 is 0 Å². The monoisotopic (exact) mass is 268 g/mol. The lowest BCUT2D eigenvalue weighted by Gasteiger charge is -2.11. The van der Waals surface area contributed by atoms with Crippen LogP contribution in [0, 0.1) is 0 Å². The van der Waals surface area contributed by atoms with Crippen LogP contribution in [0.4, 0.5) is 11.4 Å². The third kappa shape index (κ3) is 3.85. The highest BCUT2D eigenvalue weighted by Gasteiger charge is 2.00. The molecule has 0 aliphatic rings. The number of carbonyl (C=O) groups excluding carboxylic acids is 1. The Labute approximate surface area is 120 Å². The third-order valence-electron chi connectivity index (χ3n) is 3.19. The summed E-state index contributed by atoms with van der Waals surface area (Å²) in [7, 11) is 0. The molecule has 3 nitrogen and oxygen atoms in total. The van der Waals surface area contributed by atoms with Crippen LogP contribution in [0.25, 0.3) is 0 Å². The third-order valence-corrected chi connectivity index (χ3v) is 3.19. The van der Waals surface area contributed by atoms with Crippen molar-refractivity contribution in [3.63, 3.8) is 0 Å². The van der Waals surface area contributed by atoms with Crippen LogP contribution in [-0.2, 0) is 17.8 Å². The van der Waals surface area contributed by atoms with Gasteiger partial charge in [-0.3, -0.25) is 4.79 Å². The van der Waals surface area contributed by atoms with E-state index in [1.54, 1.807) is 0 Å². The maximum Gasteiger partial charge on any atom is 0.221 e. The average molecular weight is 268 g/mol. The van der Waals surface area contributed by atoms with Crippen molar-refractivity contribution in [2.75, 3.05) is 10.6 Å². The molecule has 2 aromatic carbocycles. The molecule has 0 atom stereocenters. The van der Waals surface area contributed by atoms with Crippen LogP contribution < -0.4 is 10.6 Å². The molecular weight excluding hydrogens is 248 g/mol. The molecule has 2 aromatic rings. The van der Waals surface area contributed by atoms with Gasteiger partial charge >= 0.3 is 0 Å². The first-order chi connectivity index (χ1) is 9.69. The second-order valence-corrected chi connectivity index (χ2v) is 4.73. The molecule has 2 rings (SSSR count). The van der Waals surface area contributed by atoms with Crippen LogP contribution in [0.2, 0.25) is 0 Å². The summed E-state index contributed by atoms with van der Waals surface area (Å²) < 4.78 is 0. The fourth-order valence-corrected chi connectivity index (χ4v) is 2.15. The lowest BCUT2D eigenvalue weighted by molar-refractivity contribution is -0.114. The summed E-state index contributed by atoms with van der Waals surface area (Å²) in [5.74, 6) is -0.0532. The van der Waals surface area contributed by atoms with E-state index in [9.17, 15) is 4.79 Å². The zero-order valence-corrected chi connectivity index (χ0v) is 11.9. The Bertz CT molecular complexity index is 576. The first kappa shape index (κ1) is 14.1. The minimum absolute atomic E-state index is 0.0532. The highest BCUT2D eigenvalue weighted by molar-refractivity contribution is 5.88. The smallest absolute Gasteiger partial charge is 0.221 e. The number of amides is 1. The van der Waals surface area contributed by atoms with E-state index in [4.69, 9.17) is 0 Å². The first-order valence-corrected chi connectivity index (χ1v) is 6.87. The van der Waals surface area contributed by atoms with Crippen molar-refractivity contribution in [3.05, 3.63) is 59.7 Å². The summed E-state index contributed by atoms with van der Waals surface area (Å²) >= 11 is 0. The minimum Gasteiger partial charge on any atom is -0.381 e. The van der Waals surface area contributed by atoms with Crippen molar-refractivity contribution in [2.45, 2.75) is 26.8 Å². The molecule has 0 fully saturated rings. The Kier molecular flexibility index (Phi) is 4.77. The van der Waals surface area contributed by atoms with Gasteiger partial charge in [0.05, 0.1) is 0 Å². The first-order valence-electron chi connectivity index (χ1n) is 6.87. The van der Waals surface area contributed by atoms with Gasteiger partial charge in [-0.15, -0.1) is 0 Å². The number of carbonyl (C=O) groups is 1. The standard InChI is InChI=1S/C17H20N2O/c1-3-14-6-4-5-7-15(14)12-18-16-8-10-17(11-9-16)19-13(2)20/h4-11,18H,3,12H2,1-2H3,(H,19,20). The summed E-state index contributed by atoms with van der Waals surface area (Å²) in [5.41, 5.74) is 4.55. The summed E-state index contributed by atoms with van der Waals surface area (Å²) in [6.45, 7) is 4.48. The van der Waals surface area contributed by atoms with E-state index in [-0.39, 0.29) is 5.91 Å². The van der Waals surface area contributed by atoms with E-state index in [1.165, 1.54) is 18.1 Å². The number of benzene rings is 2. The highest BCUT2D eigenvalue weighted by Crippen LogP contribution is 2.16. The molecule has 1 amide bonds. The van der Waals surface area contributed by atoms with Gasteiger partial charge in [-0.1, -0.05) is 31.2 Å². The second kappa shape index (κ2) is 6.75. The summed E-state index contributed by atoms with van der Waals surface area (Å²) in [6.07, 6.45) is 1.04. The summed E-state index contributed by atoms with van der Waals surface area (Å²) in [6, 6.07) is 16.2. The van der Waals surface area contributed by atoms with Crippen molar-refractivity contribution >= 4 is 17.3 Å². The average Bonchev–Trinajstić information content (AvgIpc) is 2.46. The topological polar surface area (TPSA) is 41.1 Å². The molecule has 0 saturated carbocycles. The fraction of sp³-hybridized carbons (Fsp3) is 0.235. The number of hydrogen-bond donors (Lipinski definition) is 2. The minimum atomic E-state index is -0.0532. The maximum atomic E-state index is 11.0. The second-order valence-electron chi connectivity index (χ2n) is 4.73. The quantitative estimate of drug-likeness (QED) is 0.865. The number of rotatable bonds is 5. The van der Waals surface area contributed by atoms with Gasteiger partial charge in [-0.05, 0) is 41.8 Å². The molecule has 0 unspecified atom stereocenters. The number of hydrogen-bond acceptors (Lipinski definition) is 2. The van der Waals surface area contributed by atoms with Crippen LogP contribution in [-0.4, -0.2) is 5.91 Å². The molecule has 2 N–H and O–H groups in total. The van der Waals surface area contributed by atoms with Gasteiger partial charge < -0.3 is 10.6 Å². The van der Waals surface area contributed by atoms with Crippen LogP contribution in [0.5, 0.6) is 0 Å². The van der Waals surface area contributed by atoms with E-state index in [1.807, 2.05) is 24.3 Å². The van der Waals surface area contributed by atoms with Crippen molar-refractivity contribution in [1.29, 1.82) is 0 Å². The van der Waals surface area contributed by atoms with Gasteiger partial charge in [0.25, 0.3) is 0 Å². The Hall–Kier alpha value is -2.29. The Balaban J connectivity index is 1.98. The Morgan fingerprint density at radius 2 is 1.55 bits per heavy atom. The van der Waals surface area contributed by atoms with E-state index in [0.717, 1.165) is 24.3 Å². The molecule has 0 radical (unpaired) electrons. The lowest BCUT2D eigenvalue weighted by Crippen LogP contribution is -2.06. The molecule has 104 valence electrons. The van der Waals surface area contributed by atoms with Crippen molar-refractivity contribution in [1.82, 2.24) is 0 Å². The predicted molar refractivity (Wildman–Crippen MR) is 83.9 cm³/mol. The van der Waals surface area contributed by atoms with Crippen LogP contribution >= 0.6 is 0 Å². The van der Waals surface area contributed by atoms with Crippen LogP contribution in [0.3, 0.4) is 0 Å². The van der Waals surface area contributed by atoms with Crippen LogP contribution in [0.15, 0.2) is 48.5 Å². The summed E-state index contributed by atoms with van der Waals surface area (Å²) in [4.78, 5) is 11.0. The van der Waals surface area contributed by atoms with E-state index < -0.39 is 0 Å². The van der Waals surface area contributed by atoms with Gasteiger partial charge in [0, 0.05) is 24.8 Å². The lowest BCUT2D eigenvalue weighted by atomic mass is 10.1. The predicted octanol–water partition coefficient (Wildman–Crippen LogP) is 3.82. The van der Waals surface area contributed by atoms with Crippen LogP contribution in [0.1, 0.15) is 25.0 Å². The Morgan fingerprint density at radius 3 is 2.15 bits per heavy atom. The van der Waals surface area contributed by atoms with Crippen molar-refractivity contribution in [3.8, 4) is 0 Å². The molecule has 3 heteroatoms. The molecule has 20 heavy (non-hydrogen) atoms. The molecule has 0 saturated heterocycles. The van der Waals surface area contributed by atoms with Gasteiger partial charge in [0.2, 0.25) is 5.91 Å². The van der Waals surface area contributed by atoms with Crippen molar-refractivity contribution in [2.24, 2.45) is 0 Å². The zero-order valence-electron chi connectivity index (χ0n) is 11.9. The zero-order chi connectivity index (χ0) is 14.4. The van der Waals surface area contributed by atoms with E-state index in [0.29, 0.717) is 0 Å². The normalized spacial score (nSPS) is 10.1. The Morgan fingerprint density at radius 1 is 0.950 bits per heavy atom. The largest absolute Gasteiger partial charge is 0.381 e. The summed E-state index contributed by atoms with van der Waals surface area (Å²) in [5, 5.41) is 6.16. The molecule has 0 aliphatic heterocycles. The number of aryl methyl sites for hydroxylation is 1. The number of anilines is 2. The van der Waals surface area contributed by atoms with Gasteiger partial charge in [0.1, 0.15) is 0 Å². The van der Waals surface area contributed by atoms with E-state index in [2.05, 4.69) is 41.8 Å². The molecule has 0 heterocycles. The fourth-order valence-electron chi connectivity index (χ4n) is 2.15. The SMILES string of the molecule is CCc1ccccc1CNc1ccc(NC(C)=O)cc1. The highest BCUT2D eigenvalue weighted by atomic mass is 16.1. The van der Waals surface area contributed by atoms with Gasteiger partial charge in [-0.25, -0.2) is 0 Å². The molecule has 0 aromatic heterocycles. The van der Waals surface area contributed by atoms with Crippen molar-refractivity contribution < 1.29 is 4.79 Å². The molecule has 0 spiro atoms. The number of nitrogens with one attached hydrogen (secondary N) is 2.